The monoisotopic (exact) mass is 333 g/mol. The van der Waals surface area contributed by atoms with Gasteiger partial charge in [0.2, 0.25) is 0 Å². The number of benzene rings is 2. The van der Waals surface area contributed by atoms with Gasteiger partial charge in [-0.15, -0.1) is 0 Å². The lowest BCUT2D eigenvalue weighted by molar-refractivity contribution is 0.413. The molecule has 1 N–H and O–H groups in total. The maximum Gasteiger partial charge on any atom is 0.119 e. The summed E-state index contributed by atoms with van der Waals surface area (Å²) < 4.78 is 6.43. The predicted molar refractivity (Wildman–Crippen MR) is 87.4 cm³/mol. The third kappa shape index (κ3) is 3.62. The molecule has 1 atom stereocenters. The quantitative estimate of drug-likeness (QED) is 0.882. The average Bonchev–Trinajstić information content (AvgIpc) is 2.46. The van der Waals surface area contributed by atoms with Crippen molar-refractivity contribution in [2.75, 3.05) is 14.2 Å². The summed E-state index contributed by atoms with van der Waals surface area (Å²) in [6.07, 6.45) is 0.948. The van der Waals surface area contributed by atoms with Crippen LogP contribution in [-0.4, -0.2) is 14.2 Å². The number of rotatable bonds is 5. The van der Waals surface area contributed by atoms with Crippen molar-refractivity contribution in [2.45, 2.75) is 19.4 Å². The minimum atomic E-state index is 0.251. The molecule has 2 aromatic rings. The fraction of sp³-hybridized carbons (Fsp3) is 0.294. The summed E-state index contributed by atoms with van der Waals surface area (Å²) in [5, 5.41) is 3.39. The van der Waals surface area contributed by atoms with E-state index in [-0.39, 0.29) is 6.04 Å². The topological polar surface area (TPSA) is 21.3 Å². The van der Waals surface area contributed by atoms with Gasteiger partial charge in [-0.1, -0.05) is 45.8 Å². The predicted octanol–water partition coefficient (Wildman–Crippen LogP) is 4.27. The molecule has 1 unspecified atom stereocenters. The molecular weight excluding hydrogens is 314 g/mol. The Morgan fingerprint density at radius 3 is 2.65 bits per heavy atom. The number of aryl methyl sites for hydroxylation is 1. The molecule has 0 fully saturated rings. The molecule has 0 aliphatic carbocycles. The van der Waals surface area contributed by atoms with Crippen LogP contribution in [0.1, 0.15) is 22.7 Å². The highest BCUT2D eigenvalue weighted by Crippen LogP contribution is 2.29. The first kappa shape index (κ1) is 15.1. The fourth-order valence-corrected chi connectivity index (χ4v) is 2.88. The summed E-state index contributed by atoms with van der Waals surface area (Å²) in [6.45, 7) is 2.12. The highest BCUT2D eigenvalue weighted by molar-refractivity contribution is 9.10. The third-order valence-electron chi connectivity index (χ3n) is 3.45. The molecule has 0 bridgehead atoms. The zero-order chi connectivity index (χ0) is 14.5. The van der Waals surface area contributed by atoms with Gasteiger partial charge in [-0.3, -0.25) is 0 Å². The van der Waals surface area contributed by atoms with Crippen molar-refractivity contribution >= 4 is 15.9 Å². The first-order valence-electron chi connectivity index (χ1n) is 6.70. The molecule has 20 heavy (non-hydrogen) atoms. The number of ether oxygens (including phenoxy) is 1. The number of methoxy groups -OCH3 is 1. The van der Waals surface area contributed by atoms with Gasteiger partial charge < -0.3 is 10.1 Å². The van der Waals surface area contributed by atoms with Gasteiger partial charge in [0.25, 0.3) is 0 Å². The van der Waals surface area contributed by atoms with Crippen molar-refractivity contribution in [3.63, 3.8) is 0 Å². The molecule has 0 saturated heterocycles. The van der Waals surface area contributed by atoms with Gasteiger partial charge in [-0.2, -0.15) is 0 Å². The van der Waals surface area contributed by atoms with Crippen LogP contribution >= 0.6 is 15.9 Å². The summed E-state index contributed by atoms with van der Waals surface area (Å²) in [7, 11) is 3.69. The van der Waals surface area contributed by atoms with Gasteiger partial charge in [-0.25, -0.2) is 0 Å². The molecule has 0 radical (unpaired) electrons. The Balaban J connectivity index is 2.28. The van der Waals surface area contributed by atoms with Crippen LogP contribution in [-0.2, 0) is 6.42 Å². The van der Waals surface area contributed by atoms with E-state index < -0.39 is 0 Å². The molecule has 3 heteroatoms. The van der Waals surface area contributed by atoms with E-state index in [9.17, 15) is 0 Å². The Hall–Kier alpha value is -1.32. The first-order valence-corrected chi connectivity index (χ1v) is 7.49. The smallest absolute Gasteiger partial charge is 0.119 e. The molecular formula is C17H20BrNO. The van der Waals surface area contributed by atoms with Crippen LogP contribution in [0.5, 0.6) is 5.75 Å². The van der Waals surface area contributed by atoms with E-state index in [2.05, 4.69) is 58.5 Å². The van der Waals surface area contributed by atoms with E-state index in [1.54, 1.807) is 7.11 Å². The summed E-state index contributed by atoms with van der Waals surface area (Å²) in [5.74, 6) is 0.882. The van der Waals surface area contributed by atoms with Gasteiger partial charge in [0.15, 0.2) is 0 Å². The number of hydrogen-bond donors (Lipinski definition) is 1. The van der Waals surface area contributed by atoms with Crippen LogP contribution in [0.3, 0.4) is 0 Å². The van der Waals surface area contributed by atoms with Crippen LogP contribution in [0.15, 0.2) is 46.9 Å². The third-order valence-corrected chi connectivity index (χ3v) is 4.17. The van der Waals surface area contributed by atoms with E-state index in [1.165, 1.54) is 16.7 Å². The van der Waals surface area contributed by atoms with Crippen LogP contribution in [0, 0.1) is 6.92 Å². The molecule has 0 spiro atoms. The van der Waals surface area contributed by atoms with Crippen molar-refractivity contribution in [1.82, 2.24) is 5.32 Å². The van der Waals surface area contributed by atoms with E-state index >= 15 is 0 Å². The summed E-state index contributed by atoms with van der Waals surface area (Å²) >= 11 is 3.63. The number of hydrogen-bond acceptors (Lipinski definition) is 2. The normalized spacial score (nSPS) is 12.2. The van der Waals surface area contributed by atoms with Gasteiger partial charge in [0.05, 0.1) is 7.11 Å². The zero-order valence-corrected chi connectivity index (χ0v) is 13.7. The maximum atomic E-state index is 5.33. The lowest BCUT2D eigenvalue weighted by Gasteiger charge is -2.19. The van der Waals surface area contributed by atoms with Crippen LogP contribution < -0.4 is 10.1 Å². The Morgan fingerprint density at radius 2 is 2.00 bits per heavy atom. The van der Waals surface area contributed by atoms with E-state index in [1.807, 2.05) is 19.2 Å². The Bertz CT molecular complexity index is 583. The molecule has 0 amide bonds. The molecule has 0 aliphatic heterocycles. The Kier molecular flexibility index (Phi) is 5.21. The van der Waals surface area contributed by atoms with Crippen LogP contribution in [0.2, 0.25) is 0 Å². The minimum absolute atomic E-state index is 0.251. The van der Waals surface area contributed by atoms with Crippen molar-refractivity contribution in [2.24, 2.45) is 0 Å². The number of nitrogens with one attached hydrogen (secondary N) is 1. The van der Waals surface area contributed by atoms with Crippen molar-refractivity contribution in [3.05, 3.63) is 63.6 Å². The zero-order valence-electron chi connectivity index (χ0n) is 12.1. The van der Waals surface area contributed by atoms with Gasteiger partial charge >= 0.3 is 0 Å². The number of halogens is 1. The highest BCUT2D eigenvalue weighted by Gasteiger charge is 2.14. The van der Waals surface area contributed by atoms with Gasteiger partial charge in [0.1, 0.15) is 5.75 Å². The Morgan fingerprint density at radius 1 is 1.20 bits per heavy atom. The summed E-state index contributed by atoms with van der Waals surface area (Å²) in [5.41, 5.74) is 3.84. The van der Waals surface area contributed by atoms with Gasteiger partial charge in [-0.05, 0) is 49.7 Å². The average molecular weight is 334 g/mol. The van der Waals surface area contributed by atoms with E-state index in [0.717, 1.165) is 16.6 Å². The van der Waals surface area contributed by atoms with Crippen molar-refractivity contribution in [1.29, 1.82) is 0 Å². The molecule has 0 saturated carbocycles. The lowest BCUT2D eigenvalue weighted by Crippen LogP contribution is -2.19. The minimum Gasteiger partial charge on any atom is -0.497 e. The standard InChI is InChI=1S/C17H20BrNO/c1-12-5-4-6-13(9-12)10-17(19-2)15-11-14(20-3)7-8-16(15)18/h4-9,11,17,19H,10H2,1-3H3. The molecule has 0 aromatic heterocycles. The van der Waals surface area contributed by atoms with Gasteiger partial charge in [0, 0.05) is 10.5 Å². The van der Waals surface area contributed by atoms with E-state index in [4.69, 9.17) is 4.74 Å². The van der Waals surface area contributed by atoms with Crippen LogP contribution in [0.4, 0.5) is 0 Å². The molecule has 106 valence electrons. The lowest BCUT2D eigenvalue weighted by atomic mass is 9.98. The van der Waals surface area contributed by atoms with Crippen molar-refractivity contribution < 1.29 is 4.74 Å². The molecule has 2 rings (SSSR count). The largest absolute Gasteiger partial charge is 0.497 e. The second kappa shape index (κ2) is 6.91. The highest BCUT2D eigenvalue weighted by atomic mass is 79.9. The fourth-order valence-electron chi connectivity index (χ4n) is 2.36. The molecule has 2 aromatic carbocycles. The second-order valence-electron chi connectivity index (χ2n) is 4.92. The van der Waals surface area contributed by atoms with Crippen molar-refractivity contribution in [3.8, 4) is 5.75 Å². The first-order chi connectivity index (χ1) is 9.63. The second-order valence-corrected chi connectivity index (χ2v) is 5.78. The van der Waals surface area contributed by atoms with Crippen LogP contribution in [0.25, 0.3) is 0 Å². The molecule has 0 heterocycles. The SMILES string of the molecule is CNC(Cc1cccc(C)c1)c1cc(OC)ccc1Br. The van der Waals surface area contributed by atoms with E-state index in [0.29, 0.717) is 0 Å². The molecule has 2 nitrogen and oxygen atoms in total. The Labute approximate surface area is 129 Å². The summed E-state index contributed by atoms with van der Waals surface area (Å²) in [6, 6.07) is 15.0. The number of likely N-dealkylation sites (N-methyl/N-ethyl adjacent to an activating group) is 1. The maximum absolute atomic E-state index is 5.33. The summed E-state index contributed by atoms with van der Waals surface area (Å²) in [4.78, 5) is 0. The molecule has 0 aliphatic rings.